The van der Waals surface area contributed by atoms with Gasteiger partial charge >= 0.3 is 17.9 Å². The Morgan fingerprint density at radius 2 is 0.614 bits per heavy atom. The lowest BCUT2D eigenvalue weighted by Gasteiger charge is -2.18. The standard InChI is InChI=1S/C38H72O6/c1-4-7-10-13-15-17-19-21-22-25-28-31-37(40)43-34-35(33-42-36(39)30-27-24-12-9-6-3)44-38(41)32-29-26-23-20-18-16-14-11-8-5-2/h35H,4-34H2,1-3H3/t35-/m1/s1. The van der Waals surface area contributed by atoms with Crippen LogP contribution in [0, 0.1) is 0 Å². The van der Waals surface area contributed by atoms with Crippen molar-refractivity contribution in [3.63, 3.8) is 0 Å². The van der Waals surface area contributed by atoms with Crippen molar-refractivity contribution >= 4 is 17.9 Å². The van der Waals surface area contributed by atoms with E-state index in [0.717, 1.165) is 64.2 Å². The molecule has 0 aliphatic heterocycles. The van der Waals surface area contributed by atoms with Gasteiger partial charge < -0.3 is 14.2 Å². The van der Waals surface area contributed by atoms with Crippen molar-refractivity contribution in [2.24, 2.45) is 0 Å². The summed E-state index contributed by atoms with van der Waals surface area (Å²) in [5.74, 6) is -0.880. The molecule has 0 aliphatic rings. The van der Waals surface area contributed by atoms with E-state index in [1.54, 1.807) is 0 Å². The molecule has 0 spiro atoms. The molecular formula is C38H72O6. The van der Waals surface area contributed by atoms with Gasteiger partial charge in [0.15, 0.2) is 6.10 Å². The third-order valence-electron chi connectivity index (χ3n) is 8.36. The summed E-state index contributed by atoms with van der Waals surface area (Å²) in [4.78, 5) is 37.1. The molecule has 0 amide bonds. The number of rotatable bonds is 34. The predicted molar refractivity (Wildman–Crippen MR) is 183 cm³/mol. The lowest BCUT2D eigenvalue weighted by Crippen LogP contribution is -2.30. The number of carbonyl (C=O) groups excluding carboxylic acids is 3. The second-order valence-electron chi connectivity index (χ2n) is 12.9. The van der Waals surface area contributed by atoms with Gasteiger partial charge in [0.1, 0.15) is 13.2 Å². The van der Waals surface area contributed by atoms with E-state index in [9.17, 15) is 14.4 Å². The Morgan fingerprint density at radius 1 is 0.364 bits per heavy atom. The normalized spacial score (nSPS) is 11.8. The third kappa shape index (κ3) is 31.8. The third-order valence-corrected chi connectivity index (χ3v) is 8.36. The summed E-state index contributed by atoms with van der Waals surface area (Å²) in [5, 5.41) is 0. The van der Waals surface area contributed by atoms with Gasteiger partial charge in [-0.15, -0.1) is 0 Å². The molecule has 0 aromatic heterocycles. The Labute approximate surface area is 272 Å². The minimum atomic E-state index is -0.754. The van der Waals surface area contributed by atoms with Crippen molar-refractivity contribution in [3.05, 3.63) is 0 Å². The average molecular weight is 625 g/mol. The zero-order chi connectivity index (χ0) is 32.4. The van der Waals surface area contributed by atoms with E-state index in [2.05, 4.69) is 20.8 Å². The Bertz CT molecular complexity index is 649. The molecule has 0 N–H and O–H groups in total. The van der Waals surface area contributed by atoms with Gasteiger partial charge in [0.05, 0.1) is 0 Å². The van der Waals surface area contributed by atoms with Gasteiger partial charge in [-0.05, 0) is 19.3 Å². The van der Waals surface area contributed by atoms with Crippen molar-refractivity contribution in [1.82, 2.24) is 0 Å². The topological polar surface area (TPSA) is 78.9 Å². The van der Waals surface area contributed by atoms with Gasteiger partial charge in [0.2, 0.25) is 0 Å². The zero-order valence-corrected chi connectivity index (χ0v) is 29.4. The minimum absolute atomic E-state index is 0.0651. The summed E-state index contributed by atoms with van der Waals surface area (Å²) in [6.07, 6.45) is 31.1. The van der Waals surface area contributed by atoms with Gasteiger partial charge in [-0.3, -0.25) is 14.4 Å². The summed E-state index contributed by atoms with van der Waals surface area (Å²) in [5.41, 5.74) is 0. The maximum Gasteiger partial charge on any atom is 0.306 e. The van der Waals surface area contributed by atoms with Crippen LogP contribution < -0.4 is 0 Å². The molecule has 0 radical (unpaired) electrons. The van der Waals surface area contributed by atoms with Crippen LogP contribution in [0.2, 0.25) is 0 Å². The zero-order valence-electron chi connectivity index (χ0n) is 29.4. The Morgan fingerprint density at radius 3 is 0.909 bits per heavy atom. The van der Waals surface area contributed by atoms with Crippen molar-refractivity contribution in [1.29, 1.82) is 0 Å². The highest BCUT2D eigenvalue weighted by Gasteiger charge is 2.19. The van der Waals surface area contributed by atoms with Crippen LogP contribution in [-0.4, -0.2) is 37.2 Å². The van der Waals surface area contributed by atoms with E-state index in [0.29, 0.717) is 19.3 Å². The number of esters is 3. The van der Waals surface area contributed by atoms with E-state index in [4.69, 9.17) is 14.2 Å². The highest BCUT2D eigenvalue weighted by molar-refractivity contribution is 5.71. The summed E-state index contributed by atoms with van der Waals surface area (Å²) in [6.45, 7) is 6.52. The van der Waals surface area contributed by atoms with E-state index in [1.807, 2.05) is 0 Å². The van der Waals surface area contributed by atoms with Gasteiger partial charge in [-0.1, -0.05) is 168 Å². The Balaban J connectivity index is 4.27. The molecule has 0 fully saturated rings. The number of hydrogen-bond donors (Lipinski definition) is 0. The fourth-order valence-electron chi connectivity index (χ4n) is 5.44. The number of unbranched alkanes of at least 4 members (excludes halogenated alkanes) is 23. The van der Waals surface area contributed by atoms with Crippen LogP contribution in [0.1, 0.15) is 207 Å². The van der Waals surface area contributed by atoms with Crippen molar-refractivity contribution in [3.8, 4) is 0 Å². The van der Waals surface area contributed by atoms with E-state index in [-0.39, 0.29) is 31.1 Å². The molecule has 0 saturated carbocycles. The molecule has 0 aliphatic carbocycles. The van der Waals surface area contributed by atoms with Gasteiger partial charge in [-0.25, -0.2) is 0 Å². The summed E-state index contributed by atoms with van der Waals surface area (Å²) < 4.78 is 16.5. The molecule has 44 heavy (non-hydrogen) atoms. The molecule has 0 heterocycles. The SMILES string of the molecule is CCCCCCCCCCCCCC(=O)OC[C@@H](COC(=O)CCCCCCC)OC(=O)CCCCCCCCCCCC. The molecule has 6 heteroatoms. The largest absolute Gasteiger partial charge is 0.462 e. The van der Waals surface area contributed by atoms with Crippen LogP contribution in [0.3, 0.4) is 0 Å². The average Bonchev–Trinajstić information content (AvgIpc) is 3.02. The first-order valence-corrected chi connectivity index (χ1v) is 19.0. The number of carbonyl (C=O) groups is 3. The molecule has 1 atom stereocenters. The molecule has 0 aromatic rings. The molecule has 6 nitrogen and oxygen atoms in total. The van der Waals surface area contributed by atoms with Crippen molar-refractivity contribution in [2.75, 3.05) is 13.2 Å². The van der Waals surface area contributed by atoms with Crippen LogP contribution in [0.15, 0.2) is 0 Å². The lowest BCUT2D eigenvalue weighted by molar-refractivity contribution is -0.167. The van der Waals surface area contributed by atoms with E-state index in [1.165, 1.54) is 103 Å². The smallest absolute Gasteiger partial charge is 0.306 e. The number of ether oxygens (including phenoxy) is 3. The highest BCUT2D eigenvalue weighted by Crippen LogP contribution is 2.14. The van der Waals surface area contributed by atoms with E-state index < -0.39 is 6.10 Å². The van der Waals surface area contributed by atoms with Gasteiger partial charge in [0.25, 0.3) is 0 Å². The minimum Gasteiger partial charge on any atom is -0.462 e. The first-order valence-electron chi connectivity index (χ1n) is 19.0. The molecule has 260 valence electrons. The summed E-state index contributed by atoms with van der Waals surface area (Å²) in [7, 11) is 0. The van der Waals surface area contributed by atoms with Gasteiger partial charge in [0, 0.05) is 19.3 Å². The van der Waals surface area contributed by atoms with Crippen molar-refractivity contribution in [2.45, 2.75) is 213 Å². The lowest BCUT2D eigenvalue weighted by atomic mass is 10.1. The monoisotopic (exact) mass is 625 g/mol. The fourth-order valence-corrected chi connectivity index (χ4v) is 5.44. The second-order valence-corrected chi connectivity index (χ2v) is 12.9. The van der Waals surface area contributed by atoms with Crippen LogP contribution in [0.4, 0.5) is 0 Å². The van der Waals surface area contributed by atoms with E-state index >= 15 is 0 Å². The second kappa shape index (κ2) is 34.3. The Kier molecular flexibility index (Phi) is 33.0. The fraction of sp³-hybridized carbons (Fsp3) is 0.921. The predicted octanol–water partition coefficient (Wildman–Crippen LogP) is 11.4. The van der Waals surface area contributed by atoms with Gasteiger partial charge in [-0.2, -0.15) is 0 Å². The molecule has 0 rings (SSSR count). The molecule has 0 aromatic carbocycles. The maximum absolute atomic E-state index is 12.5. The maximum atomic E-state index is 12.5. The van der Waals surface area contributed by atoms with Crippen LogP contribution >= 0.6 is 0 Å². The van der Waals surface area contributed by atoms with Crippen molar-refractivity contribution < 1.29 is 28.6 Å². The van der Waals surface area contributed by atoms with Crippen LogP contribution in [-0.2, 0) is 28.6 Å². The van der Waals surface area contributed by atoms with Crippen LogP contribution in [0.5, 0.6) is 0 Å². The molecule has 0 saturated heterocycles. The molecule has 0 unspecified atom stereocenters. The first-order chi connectivity index (χ1) is 21.5. The van der Waals surface area contributed by atoms with Crippen LogP contribution in [0.25, 0.3) is 0 Å². The molecule has 0 bridgehead atoms. The highest BCUT2D eigenvalue weighted by atomic mass is 16.6. The quantitative estimate of drug-likeness (QED) is 0.0402. The Hall–Kier alpha value is -1.59. The molecular weight excluding hydrogens is 552 g/mol. The number of hydrogen-bond acceptors (Lipinski definition) is 6. The first kappa shape index (κ1) is 42.4. The summed E-state index contributed by atoms with van der Waals surface area (Å²) >= 11 is 0. The summed E-state index contributed by atoms with van der Waals surface area (Å²) in [6, 6.07) is 0.